The minimum Gasteiger partial charge on any atom is -0.489 e. The molecule has 0 saturated carbocycles. The number of nitrogens with one attached hydrogen (secondary N) is 3. The van der Waals surface area contributed by atoms with Gasteiger partial charge in [0.25, 0.3) is 0 Å². The predicted octanol–water partition coefficient (Wildman–Crippen LogP) is 3.69. The second-order valence-electron chi connectivity index (χ2n) is 15.1. The fraction of sp³-hybridized carbons (Fsp3) is 0.405. The number of carbonyl (C=O) groups is 3. The molecule has 2 aromatic carbocycles. The van der Waals surface area contributed by atoms with E-state index < -0.39 is 59.8 Å². The monoisotopic (exact) mass is 867 g/mol. The van der Waals surface area contributed by atoms with E-state index in [0.717, 1.165) is 6.07 Å². The van der Waals surface area contributed by atoms with Crippen LogP contribution in [-0.2, 0) is 32.2 Å². The van der Waals surface area contributed by atoms with Crippen molar-refractivity contribution in [3.63, 3.8) is 0 Å². The largest absolute Gasteiger partial charge is 0.489 e. The number of halogens is 2. The number of carboxylic acid groups (broad SMARTS) is 1. The van der Waals surface area contributed by atoms with Gasteiger partial charge in [0.05, 0.1) is 42.5 Å². The Morgan fingerprint density at radius 2 is 1.87 bits per heavy atom. The molecule has 1 aliphatic rings. The number of hydrogen-bond donors (Lipinski definition) is 8. The number of carbonyl (C=O) groups excluding carboxylic acids is 2. The lowest BCUT2D eigenvalue weighted by molar-refractivity contribution is -0.238. The Hall–Kier alpha value is -6.19. The SMILES string of the molecule is CN/C(C)=C(/CCOc1c(-c2ccc3ncc(CN(C)C(=O)OCc4ccc(O[C@@H]5O[C@H](C(=O)O)C[C@H](O)[C@H]5O)c(NC(=O)CCN)c4)n3c2)ccc(F)c1F)C(=N)C(C)(C)O. The van der Waals surface area contributed by atoms with E-state index in [1.54, 1.807) is 42.9 Å². The average molecular weight is 868 g/mol. The van der Waals surface area contributed by atoms with Gasteiger partial charge in [-0.3, -0.25) is 4.79 Å². The molecule has 5 rings (SSSR count). The molecule has 1 aliphatic heterocycles. The third-order valence-corrected chi connectivity index (χ3v) is 9.99. The molecule has 4 atom stereocenters. The maximum absolute atomic E-state index is 15.4. The molecule has 0 aliphatic carbocycles. The van der Waals surface area contributed by atoms with Crippen LogP contribution in [-0.4, -0.2) is 116 Å². The van der Waals surface area contributed by atoms with E-state index in [2.05, 4.69) is 15.6 Å². The first-order chi connectivity index (χ1) is 29.3. The third-order valence-electron chi connectivity index (χ3n) is 9.99. The van der Waals surface area contributed by atoms with Crippen molar-refractivity contribution in [3.05, 3.63) is 89.0 Å². The van der Waals surface area contributed by atoms with Crippen molar-refractivity contribution in [2.75, 3.05) is 32.6 Å². The Labute approximate surface area is 355 Å². The smallest absolute Gasteiger partial charge is 0.410 e. The molecule has 4 aromatic rings. The zero-order chi connectivity index (χ0) is 45.5. The second kappa shape index (κ2) is 20.1. The molecular formula is C42H51F2N7O11. The molecule has 1 saturated heterocycles. The second-order valence-corrected chi connectivity index (χ2v) is 15.1. The van der Waals surface area contributed by atoms with Gasteiger partial charge in [0.1, 0.15) is 29.7 Å². The van der Waals surface area contributed by atoms with Crippen LogP contribution < -0.4 is 25.8 Å². The maximum Gasteiger partial charge on any atom is 0.410 e. The summed E-state index contributed by atoms with van der Waals surface area (Å²) in [6.07, 6.45) is -3.98. The van der Waals surface area contributed by atoms with E-state index in [4.69, 9.17) is 30.1 Å². The summed E-state index contributed by atoms with van der Waals surface area (Å²) in [5, 5.41) is 54.5. The highest BCUT2D eigenvalue weighted by molar-refractivity contribution is 6.03. The number of amides is 2. The van der Waals surface area contributed by atoms with Crippen LogP contribution in [0, 0.1) is 17.0 Å². The van der Waals surface area contributed by atoms with Crippen LogP contribution in [0.3, 0.4) is 0 Å². The van der Waals surface area contributed by atoms with Crippen LogP contribution in [0.4, 0.5) is 19.3 Å². The number of imidazole rings is 1. The zero-order valence-corrected chi connectivity index (χ0v) is 34.8. The summed E-state index contributed by atoms with van der Waals surface area (Å²) in [6.45, 7) is 4.30. The Kier molecular flexibility index (Phi) is 15.2. The number of rotatable bonds is 18. The summed E-state index contributed by atoms with van der Waals surface area (Å²) in [7, 11) is 3.16. The molecule has 0 bridgehead atoms. The lowest BCUT2D eigenvalue weighted by Gasteiger charge is -2.35. The number of ether oxygens (including phenoxy) is 4. The van der Waals surface area contributed by atoms with Crippen LogP contribution in [0.25, 0.3) is 16.8 Å². The van der Waals surface area contributed by atoms with Crippen molar-refractivity contribution in [1.82, 2.24) is 19.6 Å². The number of carboxylic acids is 1. The van der Waals surface area contributed by atoms with Crippen molar-refractivity contribution in [2.45, 2.75) is 83.4 Å². The van der Waals surface area contributed by atoms with Gasteiger partial charge in [-0.1, -0.05) is 6.07 Å². The summed E-state index contributed by atoms with van der Waals surface area (Å²) >= 11 is 0. The van der Waals surface area contributed by atoms with Gasteiger partial charge >= 0.3 is 12.1 Å². The quantitative estimate of drug-likeness (QED) is 0.0664. The van der Waals surface area contributed by atoms with Crippen LogP contribution in [0.1, 0.15) is 51.3 Å². The lowest BCUT2D eigenvalue weighted by atomic mass is 9.92. The predicted molar refractivity (Wildman–Crippen MR) is 220 cm³/mol. The number of aliphatic carboxylic acids is 1. The fourth-order valence-electron chi connectivity index (χ4n) is 6.48. The highest BCUT2D eigenvalue weighted by atomic mass is 19.2. The van der Waals surface area contributed by atoms with Gasteiger partial charge in [0, 0.05) is 62.9 Å². The highest BCUT2D eigenvalue weighted by Gasteiger charge is 2.41. The minimum absolute atomic E-state index is 0.00223. The van der Waals surface area contributed by atoms with Gasteiger partial charge in [-0.05, 0) is 68.3 Å². The van der Waals surface area contributed by atoms with Crippen LogP contribution in [0.15, 0.2) is 66.1 Å². The van der Waals surface area contributed by atoms with Gasteiger partial charge in [-0.2, -0.15) is 4.39 Å². The molecule has 0 radical (unpaired) electrons. The molecule has 18 nitrogen and oxygen atoms in total. The summed E-state index contributed by atoms with van der Waals surface area (Å²) in [4.78, 5) is 43.0. The number of allylic oxidation sites excluding steroid dienone is 1. The number of hydrogen-bond acceptors (Lipinski definition) is 14. The average Bonchev–Trinajstić information content (AvgIpc) is 3.62. The third kappa shape index (κ3) is 11.2. The van der Waals surface area contributed by atoms with E-state index in [9.17, 15) is 39.2 Å². The molecule has 62 heavy (non-hydrogen) atoms. The van der Waals surface area contributed by atoms with Gasteiger partial charge in [0.2, 0.25) is 18.0 Å². The number of aromatic nitrogens is 2. The number of aliphatic hydroxyl groups is 3. The Balaban J connectivity index is 1.30. The maximum atomic E-state index is 15.4. The summed E-state index contributed by atoms with van der Waals surface area (Å²) < 4.78 is 54.1. The number of nitrogens with two attached hydrogens (primary N) is 1. The van der Waals surface area contributed by atoms with Crippen molar-refractivity contribution in [1.29, 1.82) is 5.41 Å². The highest BCUT2D eigenvalue weighted by Crippen LogP contribution is 2.35. The van der Waals surface area contributed by atoms with Gasteiger partial charge in [0.15, 0.2) is 17.7 Å². The van der Waals surface area contributed by atoms with E-state index >= 15 is 4.39 Å². The summed E-state index contributed by atoms with van der Waals surface area (Å²) in [5.74, 6) is -4.57. The number of anilines is 1. The van der Waals surface area contributed by atoms with E-state index in [0.29, 0.717) is 33.7 Å². The molecule has 2 aromatic heterocycles. The van der Waals surface area contributed by atoms with Crippen molar-refractivity contribution in [2.24, 2.45) is 5.73 Å². The first-order valence-corrected chi connectivity index (χ1v) is 19.5. The summed E-state index contributed by atoms with van der Waals surface area (Å²) in [6, 6.07) is 10.0. The summed E-state index contributed by atoms with van der Waals surface area (Å²) in [5.41, 5.74) is 7.25. The molecule has 0 spiro atoms. The Morgan fingerprint density at radius 1 is 1.13 bits per heavy atom. The van der Waals surface area contributed by atoms with Gasteiger partial charge in [-0.25, -0.2) is 19.0 Å². The zero-order valence-electron chi connectivity index (χ0n) is 34.8. The molecule has 20 heteroatoms. The molecule has 334 valence electrons. The van der Waals surface area contributed by atoms with E-state index in [1.165, 1.54) is 50.1 Å². The van der Waals surface area contributed by atoms with E-state index in [-0.39, 0.29) is 74.0 Å². The number of benzene rings is 2. The first kappa shape index (κ1) is 46.9. The number of aliphatic hydroxyl groups excluding tert-OH is 2. The first-order valence-electron chi connectivity index (χ1n) is 19.5. The van der Waals surface area contributed by atoms with Crippen molar-refractivity contribution < 1.29 is 62.5 Å². The molecule has 2 amide bonds. The van der Waals surface area contributed by atoms with Gasteiger partial charge < -0.3 is 70.5 Å². The number of nitrogens with zero attached hydrogens (tertiary/aromatic N) is 3. The van der Waals surface area contributed by atoms with Crippen LogP contribution in [0.2, 0.25) is 0 Å². The normalized spacial score (nSPS) is 18.1. The Morgan fingerprint density at radius 3 is 2.55 bits per heavy atom. The van der Waals surface area contributed by atoms with Crippen molar-refractivity contribution in [3.8, 4) is 22.6 Å². The molecule has 0 unspecified atom stereocenters. The fourth-order valence-corrected chi connectivity index (χ4v) is 6.48. The Bertz CT molecular complexity index is 2330. The van der Waals surface area contributed by atoms with Gasteiger partial charge in [-0.15, -0.1) is 0 Å². The van der Waals surface area contributed by atoms with Crippen LogP contribution >= 0.6 is 0 Å². The number of pyridine rings is 1. The molecule has 3 heterocycles. The molecule has 9 N–H and O–H groups in total. The minimum atomic E-state index is -1.60. The number of fused-ring (bicyclic) bond motifs is 1. The lowest BCUT2D eigenvalue weighted by Crippen LogP contribution is -2.52. The molecular weight excluding hydrogens is 816 g/mol. The topological polar surface area (TPSA) is 264 Å². The van der Waals surface area contributed by atoms with E-state index in [1.807, 2.05) is 0 Å². The van der Waals surface area contributed by atoms with Crippen LogP contribution in [0.5, 0.6) is 11.5 Å². The van der Waals surface area contributed by atoms with Crippen molar-refractivity contribution >= 4 is 35.0 Å². The standard InChI is InChI=1S/C42H51F2N7O11/c1-22(47-4)26(38(46)42(2,3)58)13-15-59-37-27(8-9-28(43)35(37)44)24-7-11-33-48-18-25(51(33)19-24)20-50(5)41(57)60-21-23-6-10-31(29(16-23)49-34(53)12-14-45)61-40-36(54)30(52)17-32(62-40)39(55)56/h6-11,16,18-19,30,32,36,40,46-47,52,54,58H,12-15,17,20-21,45H2,1-5H3,(H,49,53)(H,55,56)/b26-22-,46-38?/t30-,32-,36+,40+/m0/s1. The molecule has 1 fully saturated rings.